The first-order valence-electron chi connectivity index (χ1n) is 12.3. The zero-order valence-electron chi connectivity index (χ0n) is 21.3. The van der Waals surface area contributed by atoms with Crippen LogP contribution in [0.1, 0.15) is 31.2 Å². The van der Waals surface area contributed by atoms with Crippen LogP contribution in [0, 0.1) is 4.91 Å². The Hall–Kier alpha value is -4.97. The number of carbonyl (C=O) groups is 1. The van der Waals surface area contributed by atoms with Crippen LogP contribution < -0.4 is 24.4 Å². The first kappa shape index (κ1) is 25.3. The molecule has 2 aromatic heterocycles. The first-order chi connectivity index (χ1) is 19.3. The summed E-state index contributed by atoms with van der Waals surface area (Å²) in [5, 5.41) is 9.04. The highest BCUT2D eigenvalue weighted by Gasteiger charge is 2.34. The standard InChI is InChI=1S/C28H22N3O8S/c1-3-36-27(33)24-15(2)29-28-30(25(24)17-6-10-21-22(12-17)38-14-37-21)26(32)23(40-28)13-19-9-11-20(39-19)16-4-7-18(8-5-16)31(34)35/h4-13,25H,3,14H2,1-2H3,(H,34,35)/q+1/b23-13-. The molecule has 0 saturated heterocycles. The molecule has 0 radical (unpaired) electrons. The lowest BCUT2D eigenvalue weighted by Gasteiger charge is -2.24. The van der Waals surface area contributed by atoms with Crippen LogP contribution in [0.4, 0.5) is 5.69 Å². The van der Waals surface area contributed by atoms with Crippen LogP contribution in [-0.4, -0.2) is 34.1 Å². The van der Waals surface area contributed by atoms with E-state index in [1.807, 2.05) is 0 Å². The highest BCUT2D eigenvalue weighted by Crippen LogP contribution is 2.38. The van der Waals surface area contributed by atoms with E-state index < -0.39 is 12.0 Å². The van der Waals surface area contributed by atoms with E-state index in [-0.39, 0.29) is 35.1 Å². The summed E-state index contributed by atoms with van der Waals surface area (Å²) >= 11 is 1.18. The molecule has 0 fully saturated rings. The van der Waals surface area contributed by atoms with Crippen molar-refractivity contribution >= 4 is 29.1 Å². The molecule has 0 amide bonds. The Balaban J connectivity index is 1.44. The van der Waals surface area contributed by atoms with Crippen molar-refractivity contribution in [2.24, 2.45) is 4.99 Å². The van der Waals surface area contributed by atoms with Gasteiger partial charge in [0, 0.05) is 23.8 Å². The predicted octanol–water partition coefficient (Wildman–Crippen LogP) is 3.59. The van der Waals surface area contributed by atoms with E-state index in [1.54, 1.807) is 62.4 Å². The molecule has 4 aromatic rings. The van der Waals surface area contributed by atoms with Gasteiger partial charge < -0.3 is 18.6 Å². The van der Waals surface area contributed by atoms with Crippen molar-refractivity contribution < 1.29 is 33.6 Å². The van der Waals surface area contributed by atoms with Crippen molar-refractivity contribution in [1.82, 2.24) is 4.57 Å². The van der Waals surface area contributed by atoms with Gasteiger partial charge in [0.1, 0.15) is 11.5 Å². The van der Waals surface area contributed by atoms with E-state index >= 15 is 0 Å². The zero-order chi connectivity index (χ0) is 28.0. The molecule has 0 spiro atoms. The third kappa shape index (κ3) is 4.37. The average molecular weight is 561 g/mol. The van der Waals surface area contributed by atoms with Crippen molar-refractivity contribution in [1.29, 1.82) is 0 Å². The van der Waals surface area contributed by atoms with Gasteiger partial charge in [-0.2, -0.15) is 0 Å². The van der Waals surface area contributed by atoms with Gasteiger partial charge in [-0.25, -0.2) is 15.0 Å². The van der Waals surface area contributed by atoms with E-state index in [0.29, 0.717) is 49.2 Å². The average Bonchev–Trinajstić information content (AvgIpc) is 3.67. The molecule has 40 heavy (non-hydrogen) atoms. The van der Waals surface area contributed by atoms with Crippen LogP contribution in [0.2, 0.25) is 0 Å². The molecule has 6 rings (SSSR count). The second-order valence-corrected chi connectivity index (χ2v) is 9.95. The summed E-state index contributed by atoms with van der Waals surface area (Å²) in [7, 11) is 0. The Morgan fingerprint density at radius 1 is 1.18 bits per heavy atom. The normalized spacial score (nSPS) is 16.1. The number of aromatic nitrogens is 1. The Morgan fingerprint density at radius 3 is 2.70 bits per heavy atom. The summed E-state index contributed by atoms with van der Waals surface area (Å²) in [6.07, 6.45) is 1.62. The van der Waals surface area contributed by atoms with Gasteiger partial charge in [-0.3, -0.25) is 9.36 Å². The van der Waals surface area contributed by atoms with Gasteiger partial charge in [-0.15, -0.1) is 0 Å². The Morgan fingerprint density at radius 2 is 1.95 bits per heavy atom. The number of hydrogen-bond acceptors (Lipinski definition) is 9. The van der Waals surface area contributed by atoms with Crippen molar-refractivity contribution in [2.75, 3.05) is 13.4 Å². The number of carbonyl (C=O) groups excluding carboxylic acids is 1. The number of ether oxygens (including phenoxy) is 3. The number of benzene rings is 2. The molecule has 2 aromatic carbocycles. The Kier molecular flexibility index (Phi) is 6.31. The van der Waals surface area contributed by atoms with Crippen LogP contribution in [0.25, 0.3) is 17.4 Å². The summed E-state index contributed by atoms with van der Waals surface area (Å²) in [6.45, 7) is 3.70. The maximum atomic E-state index is 13.8. The van der Waals surface area contributed by atoms with Gasteiger partial charge in [0.15, 0.2) is 16.3 Å². The van der Waals surface area contributed by atoms with Gasteiger partial charge in [0.2, 0.25) is 6.79 Å². The largest absolute Gasteiger partial charge is 0.463 e. The van der Waals surface area contributed by atoms with Crippen LogP contribution >= 0.6 is 11.3 Å². The fraction of sp³-hybridized carbons (Fsp3) is 0.179. The number of esters is 1. The molecular formula is C28H22N3O8S+. The molecule has 12 heteroatoms. The van der Waals surface area contributed by atoms with Gasteiger partial charge in [0.25, 0.3) is 10.5 Å². The molecule has 0 saturated carbocycles. The molecule has 2 aliphatic heterocycles. The maximum absolute atomic E-state index is 13.8. The molecule has 4 heterocycles. The number of allylic oxidation sites excluding steroid dienone is 1. The minimum absolute atomic E-state index is 0.0890. The first-order valence-corrected chi connectivity index (χ1v) is 13.1. The lowest BCUT2D eigenvalue weighted by molar-refractivity contribution is -0.729. The van der Waals surface area contributed by atoms with Crippen LogP contribution in [0.15, 0.2) is 80.1 Å². The number of nitrogens with zero attached hydrogens (tertiary/aromatic N) is 3. The Labute approximate surface area is 230 Å². The summed E-state index contributed by atoms with van der Waals surface area (Å²) in [5.74, 6) is 1.50. The van der Waals surface area contributed by atoms with Crippen LogP contribution in [0.5, 0.6) is 11.5 Å². The summed E-state index contributed by atoms with van der Waals surface area (Å²) < 4.78 is 24.1. The SMILES string of the molecule is CCOC(=O)C1=C(C)N=c2s/c(=C\c3ccc(-c4ccc([N+](=O)O)cc4)o3)c(=O)n2C1c1ccc2c(c1)OCO2. The lowest BCUT2D eigenvalue weighted by atomic mass is 9.95. The quantitative estimate of drug-likeness (QED) is 0.280. The molecule has 0 aliphatic carbocycles. The van der Waals surface area contributed by atoms with Crippen molar-refractivity contribution in [2.45, 2.75) is 19.9 Å². The third-order valence-corrected chi connectivity index (χ3v) is 7.49. The van der Waals surface area contributed by atoms with Crippen LogP contribution in [-0.2, 0) is 9.53 Å². The number of furan rings is 1. The molecule has 0 bridgehead atoms. The van der Waals surface area contributed by atoms with Crippen molar-refractivity contribution in [3.8, 4) is 22.8 Å². The predicted molar refractivity (Wildman–Crippen MR) is 142 cm³/mol. The smallest absolute Gasteiger partial charge is 0.338 e. The van der Waals surface area contributed by atoms with Gasteiger partial charge in [-0.05, 0) is 55.8 Å². The Bertz CT molecular complexity index is 1880. The fourth-order valence-electron chi connectivity index (χ4n) is 4.66. The summed E-state index contributed by atoms with van der Waals surface area (Å²) in [6, 6.07) is 14.2. The second-order valence-electron chi connectivity index (χ2n) is 8.94. The molecule has 1 atom stereocenters. The highest BCUT2D eigenvalue weighted by molar-refractivity contribution is 7.07. The summed E-state index contributed by atoms with van der Waals surface area (Å²) in [4.78, 5) is 42.7. The molecular weight excluding hydrogens is 538 g/mol. The lowest BCUT2D eigenvalue weighted by Crippen LogP contribution is -2.39. The fourth-order valence-corrected chi connectivity index (χ4v) is 5.68. The minimum atomic E-state index is -0.787. The minimum Gasteiger partial charge on any atom is -0.463 e. The van der Waals surface area contributed by atoms with Crippen molar-refractivity contribution in [3.63, 3.8) is 0 Å². The topological polar surface area (TPSA) is 133 Å². The number of fused-ring (bicyclic) bond motifs is 2. The number of rotatable bonds is 6. The second kappa shape index (κ2) is 9.97. The van der Waals surface area contributed by atoms with Gasteiger partial charge in [0.05, 0.1) is 33.4 Å². The molecule has 11 nitrogen and oxygen atoms in total. The molecule has 1 unspecified atom stereocenters. The molecule has 202 valence electrons. The van der Waals surface area contributed by atoms with E-state index in [0.717, 1.165) is 0 Å². The number of thiazole rings is 1. The maximum Gasteiger partial charge on any atom is 0.338 e. The van der Waals surface area contributed by atoms with Gasteiger partial charge >= 0.3 is 11.7 Å². The van der Waals surface area contributed by atoms with Crippen LogP contribution in [0.3, 0.4) is 0 Å². The van der Waals surface area contributed by atoms with Gasteiger partial charge in [-0.1, -0.05) is 17.4 Å². The number of hydrogen-bond donors (Lipinski definition) is 1. The summed E-state index contributed by atoms with van der Waals surface area (Å²) in [5.41, 5.74) is 1.80. The van der Waals surface area contributed by atoms with E-state index in [2.05, 4.69) is 4.99 Å². The third-order valence-electron chi connectivity index (χ3n) is 6.50. The van der Waals surface area contributed by atoms with Crippen molar-refractivity contribution in [3.05, 3.63) is 102 Å². The monoisotopic (exact) mass is 560 g/mol. The highest BCUT2D eigenvalue weighted by atomic mass is 32.1. The van der Waals surface area contributed by atoms with E-state index in [4.69, 9.17) is 23.8 Å². The van der Waals surface area contributed by atoms with E-state index in [9.17, 15) is 14.5 Å². The van der Waals surface area contributed by atoms with E-state index in [1.165, 1.54) is 28.0 Å². The molecule has 2 aliphatic rings. The molecule has 1 N–H and O–H groups in total. The zero-order valence-corrected chi connectivity index (χ0v) is 22.1.